The van der Waals surface area contributed by atoms with E-state index in [0.717, 1.165) is 31.2 Å². The minimum Gasteiger partial charge on any atom is -0.459 e. The van der Waals surface area contributed by atoms with Crippen LogP contribution in [-0.2, 0) is 20.9 Å². The predicted octanol–water partition coefficient (Wildman–Crippen LogP) is 2.07. The van der Waals surface area contributed by atoms with Gasteiger partial charge < -0.3 is 27.3 Å². The minimum absolute atomic E-state index is 0. The SMILES string of the molecule is Cl.Cl.Cl.NCCCC[C@H](NC(=O)[C@@H](N)CCCCN)C(=O)OCc1ccccc1. The molecule has 170 valence electrons. The normalized spacial score (nSPS) is 11.7. The number of halogens is 3. The molecule has 0 aliphatic carbocycles. The molecule has 0 unspecified atom stereocenters. The Morgan fingerprint density at radius 2 is 1.45 bits per heavy atom. The van der Waals surface area contributed by atoms with Gasteiger partial charge in [-0.2, -0.15) is 0 Å². The molecule has 0 saturated carbocycles. The van der Waals surface area contributed by atoms with Gasteiger partial charge in [-0.3, -0.25) is 4.79 Å². The van der Waals surface area contributed by atoms with Crippen molar-refractivity contribution in [2.24, 2.45) is 17.2 Å². The Kier molecular flexibility index (Phi) is 22.7. The molecule has 0 bridgehead atoms. The van der Waals surface area contributed by atoms with Gasteiger partial charge in [0.1, 0.15) is 12.6 Å². The molecule has 1 amide bonds. The number of nitrogens with one attached hydrogen (secondary N) is 1. The van der Waals surface area contributed by atoms with Crippen molar-refractivity contribution in [2.75, 3.05) is 13.1 Å². The van der Waals surface area contributed by atoms with Crippen molar-refractivity contribution in [3.63, 3.8) is 0 Å². The van der Waals surface area contributed by atoms with Gasteiger partial charge in [0, 0.05) is 0 Å². The summed E-state index contributed by atoms with van der Waals surface area (Å²) >= 11 is 0. The van der Waals surface area contributed by atoms with Gasteiger partial charge in [-0.15, -0.1) is 37.2 Å². The fourth-order valence-corrected chi connectivity index (χ4v) is 2.49. The highest BCUT2D eigenvalue weighted by atomic mass is 35.5. The first kappa shape index (κ1) is 32.6. The second kappa shape index (κ2) is 20.2. The molecule has 0 aromatic heterocycles. The number of nitrogens with two attached hydrogens (primary N) is 3. The summed E-state index contributed by atoms with van der Waals surface area (Å²) in [5.41, 5.74) is 17.8. The molecule has 0 aliphatic heterocycles. The molecule has 0 fully saturated rings. The summed E-state index contributed by atoms with van der Waals surface area (Å²) < 4.78 is 5.36. The highest BCUT2D eigenvalue weighted by Gasteiger charge is 2.24. The Morgan fingerprint density at radius 3 is 2.00 bits per heavy atom. The van der Waals surface area contributed by atoms with Crippen LogP contribution in [0.2, 0.25) is 0 Å². The summed E-state index contributed by atoms with van der Waals surface area (Å²) in [4.78, 5) is 24.7. The summed E-state index contributed by atoms with van der Waals surface area (Å²) in [6, 6.07) is 8.05. The number of ether oxygens (including phenoxy) is 1. The Morgan fingerprint density at radius 1 is 0.897 bits per heavy atom. The maximum absolute atomic E-state index is 12.4. The Hall–Kier alpha value is -1.09. The lowest BCUT2D eigenvalue weighted by atomic mass is 10.1. The van der Waals surface area contributed by atoms with E-state index in [2.05, 4.69) is 5.32 Å². The standard InChI is InChI=1S/C19H32N4O3.3ClH/c20-12-6-4-10-16(22)18(24)23-17(11-5-7-13-21)19(25)26-14-15-8-2-1-3-9-15;;;/h1-3,8-9,16-17H,4-7,10-14,20-22H2,(H,23,24);3*1H/t16-,17-;;;/m0.../s1. The lowest BCUT2D eigenvalue weighted by molar-refractivity contribution is -0.149. The number of carbonyl (C=O) groups is 2. The molecule has 1 aromatic rings. The van der Waals surface area contributed by atoms with E-state index < -0.39 is 18.1 Å². The van der Waals surface area contributed by atoms with Crippen LogP contribution in [0.1, 0.15) is 44.1 Å². The van der Waals surface area contributed by atoms with Gasteiger partial charge in [0.25, 0.3) is 0 Å². The molecule has 0 radical (unpaired) electrons. The summed E-state index contributed by atoms with van der Waals surface area (Å²) in [6.45, 7) is 1.28. The highest BCUT2D eigenvalue weighted by molar-refractivity contribution is 5.87. The number of hydrogen-bond donors (Lipinski definition) is 4. The molecule has 0 spiro atoms. The molecule has 1 rings (SSSR count). The minimum atomic E-state index is -0.710. The van der Waals surface area contributed by atoms with E-state index in [1.54, 1.807) is 0 Å². The van der Waals surface area contributed by atoms with Crippen molar-refractivity contribution in [3.8, 4) is 0 Å². The van der Waals surface area contributed by atoms with Crippen LogP contribution < -0.4 is 22.5 Å². The van der Waals surface area contributed by atoms with Gasteiger partial charge in [0.05, 0.1) is 6.04 Å². The lowest BCUT2D eigenvalue weighted by Gasteiger charge is -2.20. The molecule has 1 aromatic carbocycles. The first-order valence-electron chi connectivity index (χ1n) is 9.25. The van der Waals surface area contributed by atoms with Crippen molar-refractivity contribution in [2.45, 2.75) is 57.2 Å². The third kappa shape index (κ3) is 14.5. The Bertz CT molecular complexity index is 539. The van der Waals surface area contributed by atoms with Crippen molar-refractivity contribution in [1.29, 1.82) is 0 Å². The number of benzene rings is 1. The van der Waals surface area contributed by atoms with Crippen LogP contribution in [0.5, 0.6) is 0 Å². The molecular weight excluding hydrogens is 439 g/mol. The van der Waals surface area contributed by atoms with Crippen LogP contribution in [0.3, 0.4) is 0 Å². The molecule has 0 aliphatic rings. The quantitative estimate of drug-likeness (QED) is 0.256. The van der Waals surface area contributed by atoms with Crippen LogP contribution >= 0.6 is 37.2 Å². The first-order valence-corrected chi connectivity index (χ1v) is 9.25. The average Bonchev–Trinajstić information content (AvgIpc) is 2.66. The molecular formula is C19H35Cl3N4O3. The van der Waals surface area contributed by atoms with Crippen molar-refractivity contribution >= 4 is 49.1 Å². The third-order valence-electron chi connectivity index (χ3n) is 4.08. The summed E-state index contributed by atoms with van der Waals surface area (Å²) in [5, 5.41) is 2.73. The van der Waals surface area contributed by atoms with E-state index in [4.69, 9.17) is 21.9 Å². The number of rotatable bonds is 13. The average molecular weight is 474 g/mol. The monoisotopic (exact) mass is 472 g/mol. The molecule has 2 atom stereocenters. The topological polar surface area (TPSA) is 133 Å². The van der Waals surface area contributed by atoms with Crippen LogP contribution in [0, 0.1) is 0 Å². The van der Waals surface area contributed by atoms with Crippen LogP contribution in [0.15, 0.2) is 30.3 Å². The van der Waals surface area contributed by atoms with Crippen LogP contribution in [0.4, 0.5) is 0 Å². The number of esters is 1. The van der Waals surface area contributed by atoms with E-state index >= 15 is 0 Å². The van der Waals surface area contributed by atoms with E-state index in [1.165, 1.54) is 0 Å². The second-order valence-corrected chi connectivity index (χ2v) is 6.33. The van der Waals surface area contributed by atoms with Crippen molar-refractivity contribution in [1.82, 2.24) is 5.32 Å². The Labute approximate surface area is 192 Å². The van der Waals surface area contributed by atoms with Gasteiger partial charge in [0.15, 0.2) is 0 Å². The second-order valence-electron chi connectivity index (χ2n) is 6.33. The zero-order valence-electron chi connectivity index (χ0n) is 16.6. The fraction of sp³-hybridized carbons (Fsp3) is 0.579. The molecule has 29 heavy (non-hydrogen) atoms. The van der Waals surface area contributed by atoms with E-state index in [9.17, 15) is 9.59 Å². The van der Waals surface area contributed by atoms with Gasteiger partial charge in [0.2, 0.25) is 5.91 Å². The fourth-order valence-electron chi connectivity index (χ4n) is 2.49. The summed E-state index contributed by atoms with van der Waals surface area (Å²) in [6.07, 6.45) is 4.12. The maximum atomic E-state index is 12.4. The number of unbranched alkanes of at least 4 members (excludes halogenated alkanes) is 2. The predicted molar refractivity (Wildman–Crippen MR) is 124 cm³/mol. The largest absolute Gasteiger partial charge is 0.459 e. The zero-order valence-corrected chi connectivity index (χ0v) is 19.0. The third-order valence-corrected chi connectivity index (χ3v) is 4.08. The highest BCUT2D eigenvalue weighted by Crippen LogP contribution is 2.07. The maximum Gasteiger partial charge on any atom is 0.328 e. The van der Waals surface area contributed by atoms with E-state index in [-0.39, 0.29) is 49.7 Å². The molecule has 7 nitrogen and oxygen atoms in total. The lowest BCUT2D eigenvalue weighted by Crippen LogP contribution is -2.49. The van der Waals surface area contributed by atoms with Gasteiger partial charge in [-0.25, -0.2) is 4.79 Å². The number of hydrogen-bond acceptors (Lipinski definition) is 6. The van der Waals surface area contributed by atoms with Crippen molar-refractivity contribution < 1.29 is 14.3 Å². The van der Waals surface area contributed by atoms with Crippen LogP contribution in [-0.4, -0.2) is 37.0 Å². The molecule has 7 N–H and O–H groups in total. The van der Waals surface area contributed by atoms with Gasteiger partial charge in [-0.1, -0.05) is 36.8 Å². The first-order chi connectivity index (χ1) is 12.6. The summed E-state index contributed by atoms with van der Waals surface area (Å²) in [5.74, 6) is -0.787. The van der Waals surface area contributed by atoms with Gasteiger partial charge >= 0.3 is 5.97 Å². The van der Waals surface area contributed by atoms with E-state index in [1.807, 2.05) is 30.3 Å². The molecule has 10 heteroatoms. The Balaban J connectivity index is -0.00000225. The summed E-state index contributed by atoms with van der Waals surface area (Å²) in [7, 11) is 0. The number of amides is 1. The number of carbonyl (C=O) groups excluding carboxylic acids is 2. The zero-order chi connectivity index (χ0) is 19.2. The van der Waals surface area contributed by atoms with Crippen molar-refractivity contribution in [3.05, 3.63) is 35.9 Å². The molecule has 0 heterocycles. The molecule has 0 saturated heterocycles. The van der Waals surface area contributed by atoms with E-state index in [0.29, 0.717) is 25.9 Å². The smallest absolute Gasteiger partial charge is 0.328 e. The van der Waals surface area contributed by atoms with Gasteiger partial charge in [-0.05, 0) is 50.8 Å². The van der Waals surface area contributed by atoms with Crippen LogP contribution in [0.25, 0.3) is 0 Å².